The Labute approximate surface area is 377 Å². The van der Waals surface area contributed by atoms with Gasteiger partial charge in [-0.3, -0.25) is 9.10 Å². The van der Waals surface area contributed by atoms with Crippen LogP contribution >= 0.6 is 31.9 Å². The normalized spacial score (nSPS) is 13.0. The van der Waals surface area contributed by atoms with Crippen molar-refractivity contribution in [2.45, 2.75) is 46.3 Å². The standard InChI is InChI=1S/C28H23BrF2N2O5S.C18H15BrF2O3/c1-17-3-7-26(24-13-20(29)5-8-27(24)38-16-18-4-6-21(30)14-25(18)31)33(17)23-12-19(28(34)35)11-22(15-23)32-9-2-10-39(32,36)37;1-11(22)2-6-17(23)15-8-13(19)4-7-18(15)24-10-12-3-5-14(20)9-16(12)21/h3-8,11-15H,2,9-10,16H2,1H3,(H,34,35);3-5,7-9H,2,6,10H2,1H3. The van der Waals surface area contributed by atoms with Crippen LogP contribution in [0.2, 0.25) is 0 Å². The minimum atomic E-state index is -3.54. The molecule has 0 radical (unpaired) electrons. The van der Waals surface area contributed by atoms with Crippen molar-refractivity contribution in [3.8, 4) is 28.4 Å². The molecule has 328 valence electrons. The fourth-order valence-electron chi connectivity index (χ4n) is 6.70. The number of rotatable bonds is 14. The summed E-state index contributed by atoms with van der Waals surface area (Å²) < 4.78 is 95.3. The monoisotopic (exact) mass is 1010 g/mol. The summed E-state index contributed by atoms with van der Waals surface area (Å²) in [5, 5.41) is 9.80. The van der Waals surface area contributed by atoms with Crippen LogP contribution in [0, 0.1) is 30.2 Å². The third kappa shape index (κ3) is 11.6. The number of carboxylic acid groups (broad SMARTS) is 1. The van der Waals surface area contributed by atoms with Gasteiger partial charge in [0.1, 0.15) is 53.8 Å². The number of Topliss-reactive ketones (excluding diaryl/α,β-unsaturated/α-hetero) is 2. The van der Waals surface area contributed by atoms with Crippen molar-refractivity contribution in [1.82, 2.24) is 4.57 Å². The second-order valence-electron chi connectivity index (χ2n) is 14.4. The van der Waals surface area contributed by atoms with Gasteiger partial charge in [0.15, 0.2) is 5.78 Å². The molecule has 1 N–H and O–H groups in total. The fraction of sp³-hybridized carbons (Fsp3) is 0.196. The van der Waals surface area contributed by atoms with E-state index in [1.165, 1.54) is 35.5 Å². The number of benzene rings is 5. The Bertz CT molecular complexity index is 2840. The van der Waals surface area contributed by atoms with Crippen LogP contribution in [0.5, 0.6) is 11.5 Å². The molecule has 0 atom stereocenters. The van der Waals surface area contributed by atoms with E-state index in [4.69, 9.17) is 9.47 Å². The average Bonchev–Trinajstić information content (AvgIpc) is 3.80. The van der Waals surface area contributed by atoms with Gasteiger partial charge in [-0.1, -0.05) is 31.9 Å². The van der Waals surface area contributed by atoms with Crippen LogP contribution in [0.4, 0.5) is 23.2 Å². The van der Waals surface area contributed by atoms with Gasteiger partial charge in [-0.25, -0.2) is 30.8 Å². The number of aromatic nitrogens is 1. The largest absolute Gasteiger partial charge is 0.488 e. The SMILES string of the molecule is CC(=O)CCC(=O)c1cc(Br)ccc1OCc1ccc(F)cc1F.Cc1ccc(-c2cc(Br)ccc2OCc2ccc(F)cc2F)n1-c1cc(C(=O)O)cc(N2CCCS2(=O)=O)c1. The molecule has 1 fully saturated rings. The van der Waals surface area contributed by atoms with Gasteiger partial charge >= 0.3 is 5.97 Å². The first-order valence-electron chi connectivity index (χ1n) is 19.2. The Morgan fingerprint density at radius 3 is 1.87 bits per heavy atom. The fourth-order valence-corrected chi connectivity index (χ4v) is 8.97. The predicted octanol–water partition coefficient (Wildman–Crippen LogP) is 11.2. The summed E-state index contributed by atoms with van der Waals surface area (Å²) in [6.45, 7) is 3.25. The van der Waals surface area contributed by atoms with Crippen molar-refractivity contribution in [3.05, 3.63) is 163 Å². The number of nitrogens with zero attached hydrogens (tertiary/aromatic N) is 2. The van der Waals surface area contributed by atoms with E-state index in [0.29, 0.717) is 39.2 Å². The smallest absolute Gasteiger partial charge is 0.335 e. The van der Waals surface area contributed by atoms with Crippen molar-refractivity contribution in [3.63, 3.8) is 0 Å². The molecular weight excluding hydrogens is 976 g/mol. The second-order valence-corrected chi connectivity index (χ2v) is 18.3. The average molecular weight is 1010 g/mol. The molecule has 10 nitrogen and oxygen atoms in total. The highest BCUT2D eigenvalue weighted by molar-refractivity contribution is 9.10. The second kappa shape index (κ2) is 20.2. The Hall–Kier alpha value is -5.78. The quantitative estimate of drug-likeness (QED) is 0.0843. The van der Waals surface area contributed by atoms with E-state index in [0.717, 1.165) is 34.4 Å². The van der Waals surface area contributed by atoms with Crippen LogP contribution in [0.3, 0.4) is 0 Å². The number of aromatic carboxylic acids is 1. The van der Waals surface area contributed by atoms with Crippen LogP contribution in [0.1, 0.15) is 63.7 Å². The number of hydrogen-bond acceptors (Lipinski definition) is 7. The molecule has 0 spiro atoms. The first kappa shape index (κ1) is 46.7. The lowest BCUT2D eigenvalue weighted by Crippen LogP contribution is -2.25. The van der Waals surface area contributed by atoms with Crippen LogP contribution < -0.4 is 13.8 Å². The first-order chi connectivity index (χ1) is 29.9. The molecule has 63 heavy (non-hydrogen) atoms. The zero-order chi connectivity index (χ0) is 45.6. The lowest BCUT2D eigenvalue weighted by molar-refractivity contribution is -0.117. The first-order valence-corrected chi connectivity index (χ1v) is 22.4. The maximum absolute atomic E-state index is 14.2. The summed E-state index contributed by atoms with van der Waals surface area (Å²) >= 11 is 6.76. The number of halogens is 6. The van der Waals surface area contributed by atoms with Crippen LogP contribution in [-0.4, -0.2) is 47.9 Å². The maximum Gasteiger partial charge on any atom is 0.335 e. The minimum absolute atomic E-state index is 0.000814. The zero-order valence-corrected chi connectivity index (χ0v) is 37.6. The van der Waals surface area contributed by atoms with Gasteiger partial charge in [0.2, 0.25) is 10.0 Å². The molecule has 1 saturated heterocycles. The van der Waals surface area contributed by atoms with Crippen molar-refractivity contribution in [1.29, 1.82) is 0 Å². The number of hydrogen-bond donors (Lipinski definition) is 1. The van der Waals surface area contributed by atoms with E-state index in [2.05, 4.69) is 31.9 Å². The summed E-state index contributed by atoms with van der Waals surface area (Å²) in [7, 11) is -3.54. The Morgan fingerprint density at radius 2 is 1.30 bits per heavy atom. The number of sulfonamides is 1. The van der Waals surface area contributed by atoms with E-state index in [1.54, 1.807) is 36.4 Å². The highest BCUT2D eigenvalue weighted by Gasteiger charge is 2.30. The molecule has 0 bridgehead atoms. The molecule has 7 rings (SSSR count). The summed E-state index contributed by atoms with van der Waals surface area (Å²) in [6.07, 6.45) is 0.681. The summed E-state index contributed by atoms with van der Waals surface area (Å²) in [6, 6.07) is 24.8. The zero-order valence-electron chi connectivity index (χ0n) is 33.6. The molecule has 5 aromatic carbocycles. The van der Waals surface area contributed by atoms with Crippen molar-refractivity contribution < 1.29 is 54.9 Å². The van der Waals surface area contributed by atoms with E-state index in [9.17, 15) is 45.5 Å². The Kier molecular flexibility index (Phi) is 14.9. The maximum atomic E-state index is 14.2. The molecule has 6 aromatic rings. The Balaban J connectivity index is 0.000000236. The summed E-state index contributed by atoms with van der Waals surface area (Å²) in [4.78, 5) is 35.3. The van der Waals surface area contributed by atoms with E-state index in [-0.39, 0.29) is 78.0 Å². The third-order valence-electron chi connectivity index (χ3n) is 9.83. The number of carbonyl (C=O) groups is 3. The molecular formula is C46H38Br2F4N2O8S. The molecule has 0 amide bonds. The van der Waals surface area contributed by atoms with Gasteiger partial charge in [-0.2, -0.15) is 0 Å². The molecule has 1 aliphatic heterocycles. The number of carboxylic acids is 1. The van der Waals surface area contributed by atoms with Crippen LogP contribution in [-0.2, 0) is 28.0 Å². The van der Waals surface area contributed by atoms with E-state index >= 15 is 0 Å². The molecule has 1 aromatic heterocycles. The predicted molar refractivity (Wildman–Crippen MR) is 236 cm³/mol. The number of aryl methyl sites for hydroxylation is 1. The lowest BCUT2D eigenvalue weighted by atomic mass is 10.0. The highest BCUT2D eigenvalue weighted by Crippen LogP contribution is 2.38. The minimum Gasteiger partial charge on any atom is -0.488 e. The van der Waals surface area contributed by atoms with E-state index in [1.807, 2.05) is 29.7 Å². The van der Waals surface area contributed by atoms with Gasteiger partial charge in [0.25, 0.3) is 0 Å². The van der Waals surface area contributed by atoms with Gasteiger partial charge < -0.3 is 23.9 Å². The lowest BCUT2D eigenvalue weighted by Gasteiger charge is -2.21. The third-order valence-corrected chi connectivity index (χ3v) is 12.7. The summed E-state index contributed by atoms with van der Waals surface area (Å²) in [5.74, 6) is -3.57. The van der Waals surface area contributed by atoms with Crippen LogP contribution in [0.15, 0.2) is 112 Å². The molecule has 2 heterocycles. The number of carbonyl (C=O) groups excluding carboxylic acids is 2. The number of anilines is 1. The topological polar surface area (TPSA) is 132 Å². The van der Waals surface area contributed by atoms with Crippen molar-refractivity contribution in [2.75, 3.05) is 16.6 Å². The number of ketones is 2. The Morgan fingerprint density at radius 1 is 0.714 bits per heavy atom. The van der Waals surface area contributed by atoms with Crippen molar-refractivity contribution >= 4 is 65.1 Å². The highest BCUT2D eigenvalue weighted by atomic mass is 79.9. The van der Waals surface area contributed by atoms with E-state index < -0.39 is 39.3 Å². The van der Waals surface area contributed by atoms with Crippen molar-refractivity contribution in [2.24, 2.45) is 0 Å². The van der Waals surface area contributed by atoms with Gasteiger partial charge in [0, 0.05) is 68.5 Å². The molecule has 0 unspecified atom stereocenters. The van der Waals surface area contributed by atoms with Gasteiger partial charge in [-0.15, -0.1) is 0 Å². The molecule has 17 heteroatoms. The van der Waals surface area contributed by atoms with Crippen LogP contribution in [0.25, 0.3) is 16.9 Å². The summed E-state index contributed by atoms with van der Waals surface area (Å²) in [5.41, 5.74) is 3.38. The van der Waals surface area contributed by atoms with Gasteiger partial charge in [0.05, 0.1) is 28.3 Å². The molecule has 0 saturated carbocycles. The molecule has 0 aliphatic carbocycles. The molecule has 1 aliphatic rings. The van der Waals surface area contributed by atoms with Gasteiger partial charge in [-0.05, 0) is 111 Å². The number of ether oxygens (including phenoxy) is 2.